The van der Waals surface area contributed by atoms with Crippen LogP contribution in [0.4, 0.5) is 13.2 Å². The molecule has 1 aliphatic heterocycles. The highest BCUT2D eigenvalue weighted by molar-refractivity contribution is 7.16. The average Bonchev–Trinajstić information content (AvgIpc) is 3.39. The molecule has 0 atom stereocenters. The van der Waals surface area contributed by atoms with Gasteiger partial charge in [-0.2, -0.15) is 13.2 Å². The molecule has 2 N–H and O–H groups in total. The Bertz CT molecular complexity index is 1360. The molecule has 1 amide bonds. The van der Waals surface area contributed by atoms with Gasteiger partial charge in [0.05, 0.1) is 16.6 Å². The zero-order chi connectivity index (χ0) is 23.2. The van der Waals surface area contributed by atoms with Crippen molar-refractivity contribution in [2.75, 3.05) is 13.2 Å². The van der Waals surface area contributed by atoms with Gasteiger partial charge in [0.25, 0.3) is 5.91 Å². The van der Waals surface area contributed by atoms with Gasteiger partial charge < -0.3 is 19.9 Å². The molecular weight excluding hydrogens is 459 g/mol. The minimum Gasteiger partial charge on any atom is -0.487 e. The third-order valence-electron chi connectivity index (χ3n) is 5.06. The number of amides is 1. The van der Waals surface area contributed by atoms with E-state index in [1.54, 1.807) is 29.1 Å². The van der Waals surface area contributed by atoms with Crippen molar-refractivity contribution in [3.05, 3.63) is 64.8 Å². The second-order valence-corrected chi connectivity index (χ2v) is 8.22. The quantitative estimate of drug-likeness (QED) is 0.457. The maximum Gasteiger partial charge on any atom is 0.416 e. The molecular formula is C22H16F3N3O4S. The molecule has 2 aromatic carbocycles. The van der Waals surface area contributed by atoms with Crippen LogP contribution in [0, 0.1) is 0 Å². The number of nitrogens with zero attached hydrogens (tertiary/aromatic N) is 2. The standard InChI is InChI=1S/C22H16F3N3O4S/c23-22(24,25)13-4-2-1-3-12(13)10-32-18-9-19(33-20(18)21(26)29)28-11-27-14-7-16-17(8-15(14)28)31-6-5-30-16/h1-4,7-9,11H,5-6,10H2,(H2,26,29). The number of ether oxygens (including phenoxy) is 3. The molecule has 0 radical (unpaired) electrons. The molecule has 0 unspecified atom stereocenters. The summed E-state index contributed by atoms with van der Waals surface area (Å²) < 4.78 is 58.4. The highest BCUT2D eigenvalue weighted by Crippen LogP contribution is 2.38. The van der Waals surface area contributed by atoms with Crippen LogP contribution in [0.15, 0.2) is 48.8 Å². The van der Waals surface area contributed by atoms with Crippen molar-refractivity contribution in [1.82, 2.24) is 9.55 Å². The van der Waals surface area contributed by atoms with Crippen LogP contribution in [0.3, 0.4) is 0 Å². The molecule has 0 bridgehead atoms. The van der Waals surface area contributed by atoms with Gasteiger partial charge in [0, 0.05) is 23.8 Å². The fourth-order valence-electron chi connectivity index (χ4n) is 3.56. The minimum absolute atomic E-state index is 0.0509. The van der Waals surface area contributed by atoms with Gasteiger partial charge in [0.2, 0.25) is 0 Å². The van der Waals surface area contributed by atoms with Crippen molar-refractivity contribution in [3.8, 4) is 22.2 Å². The average molecular weight is 475 g/mol. The maximum absolute atomic E-state index is 13.3. The van der Waals surface area contributed by atoms with Crippen LogP contribution in [0.25, 0.3) is 16.0 Å². The SMILES string of the molecule is NC(=O)c1sc(-n2cnc3cc4c(cc32)OCCO4)cc1OCc1ccccc1C(F)(F)F. The van der Waals surface area contributed by atoms with Gasteiger partial charge >= 0.3 is 6.18 Å². The van der Waals surface area contributed by atoms with E-state index in [9.17, 15) is 18.0 Å². The van der Waals surface area contributed by atoms with Crippen LogP contribution in [0.1, 0.15) is 20.8 Å². The molecule has 2 aromatic heterocycles. The minimum atomic E-state index is -4.52. The largest absolute Gasteiger partial charge is 0.487 e. The molecule has 4 aromatic rings. The lowest BCUT2D eigenvalue weighted by molar-refractivity contribution is -0.138. The van der Waals surface area contributed by atoms with E-state index in [0.29, 0.717) is 40.7 Å². The van der Waals surface area contributed by atoms with Gasteiger partial charge in [0.15, 0.2) is 11.5 Å². The smallest absolute Gasteiger partial charge is 0.416 e. The monoisotopic (exact) mass is 475 g/mol. The number of rotatable bonds is 5. The van der Waals surface area contributed by atoms with E-state index in [4.69, 9.17) is 19.9 Å². The molecule has 0 saturated heterocycles. The first kappa shape index (κ1) is 21.1. The number of benzene rings is 2. The summed E-state index contributed by atoms with van der Waals surface area (Å²) in [5.74, 6) is 0.514. The molecule has 1 aliphatic rings. The van der Waals surface area contributed by atoms with Crippen molar-refractivity contribution in [3.63, 3.8) is 0 Å². The van der Waals surface area contributed by atoms with Crippen molar-refractivity contribution >= 4 is 28.3 Å². The van der Waals surface area contributed by atoms with E-state index in [1.165, 1.54) is 18.2 Å². The predicted octanol–water partition coefficient (Wildman–Crippen LogP) is 4.55. The summed E-state index contributed by atoms with van der Waals surface area (Å²) >= 11 is 1.05. The second-order valence-electron chi connectivity index (χ2n) is 7.18. The zero-order valence-corrected chi connectivity index (χ0v) is 17.7. The number of imidazole rings is 1. The van der Waals surface area contributed by atoms with Gasteiger partial charge in [-0.1, -0.05) is 18.2 Å². The summed E-state index contributed by atoms with van der Waals surface area (Å²) in [6.07, 6.45) is -2.96. The Hall–Kier alpha value is -3.73. The van der Waals surface area contributed by atoms with Gasteiger partial charge in [-0.05, 0) is 6.07 Å². The number of primary amides is 1. The van der Waals surface area contributed by atoms with E-state index in [-0.39, 0.29) is 22.8 Å². The first-order valence-electron chi connectivity index (χ1n) is 9.80. The number of alkyl halides is 3. The Kier molecular flexibility index (Phi) is 5.12. The van der Waals surface area contributed by atoms with Crippen molar-refractivity contribution in [2.45, 2.75) is 12.8 Å². The van der Waals surface area contributed by atoms with Gasteiger partial charge in [-0.3, -0.25) is 9.36 Å². The van der Waals surface area contributed by atoms with E-state index in [2.05, 4.69) is 4.98 Å². The number of thiophene rings is 1. The van der Waals surface area contributed by atoms with E-state index in [1.807, 2.05) is 0 Å². The van der Waals surface area contributed by atoms with Gasteiger partial charge in [-0.25, -0.2) is 4.98 Å². The van der Waals surface area contributed by atoms with Crippen LogP contribution >= 0.6 is 11.3 Å². The van der Waals surface area contributed by atoms with Crippen LogP contribution in [0.5, 0.6) is 17.2 Å². The molecule has 11 heteroatoms. The Morgan fingerprint density at radius 2 is 1.88 bits per heavy atom. The number of fused-ring (bicyclic) bond motifs is 2. The first-order valence-corrected chi connectivity index (χ1v) is 10.6. The van der Waals surface area contributed by atoms with Crippen molar-refractivity contribution in [1.29, 1.82) is 0 Å². The summed E-state index contributed by atoms with van der Waals surface area (Å²) in [6.45, 7) is 0.495. The fourth-order valence-corrected chi connectivity index (χ4v) is 4.50. The Labute approximate surface area is 189 Å². The highest BCUT2D eigenvalue weighted by Gasteiger charge is 2.33. The normalized spacial score (nSPS) is 13.3. The summed E-state index contributed by atoms with van der Waals surface area (Å²) in [7, 11) is 0. The summed E-state index contributed by atoms with van der Waals surface area (Å²) in [5, 5.41) is 0.557. The zero-order valence-electron chi connectivity index (χ0n) is 16.9. The second kappa shape index (κ2) is 8.00. The third kappa shape index (κ3) is 3.95. The van der Waals surface area contributed by atoms with Crippen LogP contribution in [-0.4, -0.2) is 28.7 Å². The highest BCUT2D eigenvalue weighted by atomic mass is 32.1. The summed E-state index contributed by atoms with van der Waals surface area (Å²) in [4.78, 5) is 16.5. The third-order valence-corrected chi connectivity index (χ3v) is 6.19. The maximum atomic E-state index is 13.3. The summed E-state index contributed by atoms with van der Waals surface area (Å²) in [5.41, 5.74) is 6.00. The predicted molar refractivity (Wildman–Crippen MR) is 114 cm³/mol. The lowest BCUT2D eigenvalue weighted by Crippen LogP contribution is -2.15. The molecule has 7 nitrogen and oxygen atoms in total. The molecule has 0 aliphatic carbocycles. The number of carbonyl (C=O) groups is 1. The van der Waals surface area contributed by atoms with Crippen LogP contribution in [-0.2, 0) is 12.8 Å². The lowest BCUT2D eigenvalue weighted by Gasteiger charge is -2.18. The van der Waals surface area contributed by atoms with Gasteiger partial charge in [-0.15, -0.1) is 11.3 Å². The van der Waals surface area contributed by atoms with E-state index in [0.717, 1.165) is 17.4 Å². The topological polar surface area (TPSA) is 88.6 Å². The molecule has 170 valence electrons. The number of aromatic nitrogens is 2. The number of hydrogen-bond acceptors (Lipinski definition) is 6. The van der Waals surface area contributed by atoms with Crippen LogP contribution < -0.4 is 19.9 Å². The molecule has 0 spiro atoms. The van der Waals surface area contributed by atoms with E-state index >= 15 is 0 Å². The Balaban J connectivity index is 1.49. The van der Waals surface area contributed by atoms with Crippen LogP contribution in [0.2, 0.25) is 0 Å². The number of nitrogens with two attached hydrogens (primary N) is 1. The summed E-state index contributed by atoms with van der Waals surface area (Å²) in [6, 6.07) is 10.2. The number of hydrogen-bond donors (Lipinski definition) is 1. The Morgan fingerprint density at radius 1 is 1.15 bits per heavy atom. The number of carbonyl (C=O) groups excluding carboxylic acids is 1. The molecule has 5 rings (SSSR count). The first-order chi connectivity index (χ1) is 15.8. The number of halogens is 3. The van der Waals surface area contributed by atoms with E-state index < -0.39 is 17.6 Å². The van der Waals surface area contributed by atoms with Crippen molar-refractivity contribution < 1.29 is 32.2 Å². The molecule has 3 heterocycles. The van der Waals surface area contributed by atoms with Gasteiger partial charge in [0.1, 0.15) is 41.8 Å². The van der Waals surface area contributed by atoms with Crippen molar-refractivity contribution in [2.24, 2.45) is 5.73 Å². The molecule has 0 saturated carbocycles. The lowest BCUT2D eigenvalue weighted by atomic mass is 10.1. The molecule has 33 heavy (non-hydrogen) atoms. The molecule has 0 fully saturated rings. The Morgan fingerprint density at radius 3 is 2.61 bits per heavy atom. The fraction of sp³-hybridized carbons (Fsp3) is 0.182.